The molecule has 186 valence electrons. The van der Waals surface area contributed by atoms with Crippen molar-refractivity contribution in [1.29, 1.82) is 0 Å². The molecule has 0 spiro atoms. The third-order valence-corrected chi connectivity index (χ3v) is 5.91. The van der Waals surface area contributed by atoms with Crippen molar-refractivity contribution in [3.05, 3.63) is 108 Å². The van der Waals surface area contributed by atoms with Gasteiger partial charge < -0.3 is 28.8 Å². The fourth-order valence-electron chi connectivity index (χ4n) is 4.11. The van der Waals surface area contributed by atoms with Gasteiger partial charge in [0.1, 0.15) is 24.4 Å². The Hall–Kier alpha value is -2.58. The Morgan fingerprint density at radius 3 is 1.86 bits per heavy atom. The van der Waals surface area contributed by atoms with E-state index in [1.54, 1.807) is 0 Å². The molecule has 2 unspecified atom stereocenters. The van der Waals surface area contributed by atoms with Gasteiger partial charge in [0.2, 0.25) is 0 Å². The molecule has 1 fully saturated rings. The Morgan fingerprint density at radius 2 is 1.29 bits per heavy atom. The van der Waals surface area contributed by atoms with E-state index in [9.17, 15) is 5.11 Å². The lowest BCUT2D eigenvalue weighted by molar-refractivity contribution is -0.189. The minimum absolute atomic E-state index is 0.281. The minimum Gasteiger partial charge on any atom is -0.385 e. The molecule has 1 aliphatic rings. The molecular formula is C29H34O6. The summed E-state index contributed by atoms with van der Waals surface area (Å²) in [4.78, 5) is 0. The summed E-state index contributed by atoms with van der Waals surface area (Å²) in [5.74, 6) is 0. The molecular weight excluding hydrogens is 444 g/mol. The SMILES string of the molecule is CCOC1OC([C@@H](COCc2ccccc2)OCc2ccccc2)[C@H](OCc2ccccc2)[C@H]1O. The Morgan fingerprint density at radius 1 is 0.743 bits per heavy atom. The van der Waals surface area contributed by atoms with Crippen LogP contribution in [-0.2, 0) is 43.5 Å². The molecule has 0 aromatic heterocycles. The maximum Gasteiger partial charge on any atom is 0.186 e. The van der Waals surface area contributed by atoms with Crippen LogP contribution >= 0.6 is 0 Å². The maximum absolute atomic E-state index is 11.0. The Kier molecular flexibility index (Phi) is 9.84. The van der Waals surface area contributed by atoms with Gasteiger partial charge in [-0.15, -0.1) is 0 Å². The lowest BCUT2D eigenvalue weighted by Gasteiger charge is -2.28. The molecule has 1 N–H and O–H groups in total. The summed E-state index contributed by atoms with van der Waals surface area (Å²) in [6.45, 7) is 3.75. The van der Waals surface area contributed by atoms with E-state index in [2.05, 4.69) is 0 Å². The van der Waals surface area contributed by atoms with E-state index in [4.69, 9.17) is 23.7 Å². The van der Waals surface area contributed by atoms with Crippen LogP contribution in [0.3, 0.4) is 0 Å². The van der Waals surface area contributed by atoms with Gasteiger partial charge in [-0.1, -0.05) is 91.0 Å². The molecule has 5 atom stereocenters. The predicted octanol–water partition coefficient (Wildman–Crippen LogP) is 4.50. The highest BCUT2D eigenvalue weighted by atomic mass is 16.7. The number of aliphatic hydroxyl groups excluding tert-OH is 1. The van der Waals surface area contributed by atoms with Gasteiger partial charge in [-0.3, -0.25) is 0 Å². The van der Waals surface area contributed by atoms with E-state index in [0.717, 1.165) is 16.7 Å². The molecule has 1 heterocycles. The molecule has 4 rings (SSSR count). The van der Waals surface area contributed by atoms with Crippen molar-refractivity contribution in [1.82, 2.24) is 0 Å². The van der Waals surface area contributed by atoms with Crippen molar-refractivity contribution in [3.63, 3.8) is 0 Å². The quantitative estimate of drug-likeness (QED) is 0.390. The van der Waals surface area contributed by atoms with E-state index in [1.807, 2.05) is 97.9 Å². The molecule has 0 amide bonds. The lowest BCUT2D eigenvalue weighted by atomic mass is 10.1. The van der Waals surface area contributed by atoms with Gasteiger partial charge in [-0.2, -0.15) is 0 Å². The predicted molar refractivity (Wildman–Crippen MR) is 132 cm³/mol. The molecule has 0 saturated carbocycles. The second kappa shape index (κ2) is 13.5. The van der Waals surface area contributed by atoms with Crippen LogP contribution in [0.4, 0.5) is 0 Å². The Bertz CT molecular complexity index is 968. The largest absolute Gasteiger partial charge is 0.385 e. The van der Waals surface area contributed by atoms with Crippen molar-refractivity contribution >= 4 is 0 Å². The topological polar surface area (TPSA) is 66.4 Å². The molecule has 0 bridgehead atoms. The van der Waals surface area contributed by atoms with Gasteiger partial charge in [-0.05, 0) is 23.6 Å². The van der Waals surface area contributed by atoms with Crippen molar-refractivity contribution < 1.29 is 28.8 Å². The summed E-state index contributed by atoms with van der Waals surface area (Å²) in [6, 6.07) is 29.8. The Balaban J connectivity index is 1.48. The average Bonchev–Trinajstić information content (AvgIpc) is 3.21. The zero-order chi connectivity index (χ0) is 24.3. The third-order valence-electron chi connectivity index (χ3n) is 5.91. The number of benzene rings is 3. The van der Waals surface area contributed by atoms with Crippen LogP contribution in [0.15, 0.2) is 91.0 Å². The number of hydrogen-bond donors (Lipinski definition) is 1. The Labute approximate surface area is 207 Å². The van der Waals surface area contributed by atoms with Gasteiger partial charge in [0.25, 0.3) is 0 Å². The van der Waals surface area contributed by atoms with E-state index in [0.29, 0.717) is 26.4 Å². The molecule has 0 radical (unpaired) electrons. The fourth-order valence-corrected chi connectivity index (χ4v) is 4.11. The molecule has 1 saturated heterocycles. The highest BCUT2D eigenvalue weighted by Crippen LogP contribution is 2.30. The number of rotatable bonds is 13. The first kappa shape index (κ1) is 25.5. The highest BCUT2D eigenvalue weighted by molar-refractivity contribution is 5.15. The second-order valence-corrected chi connectivity index (χ2v) is 8.51. The summed E-state index contributed by atoms with van der Waals surface area (Å²) in [7, 11) is 0. The normalized spacial score (nSPS) is 22.8. The number of hydrogen-bond acceptors (Lipinski definition) is 6. The van der Waals surface area contributed by atoms with Gasteiger partial charge in [-0.25, -0.2) is 0 Å². The molecule has 0 aliphatic carbocycles. The molecule has 3 aromatic carbocycles. The lowest BCUT2D eigenvalue weighted by Crippen LogP contribution is -2.44. The first-order chi connectivity index (χ1) is 17.2. The first-order valence-electron chi connectivity index (χ1n) is 12.1. The van der Waals surface area contributed by atoms with E-state index >= 15 is 0 Å². The molecule has 6 nitrogen and oxygen atoms in total. The standard InChI is InChI=1S/C29H34O6/c1-2-32-29-26(30)28(34-20-24-16-10-5-11-17-24)27(35-29)25(33-19-23-14-8-4-9-15-23)21-31-18-22-12-6-3-7-13-22/h3-17,25-30H,2,18-21H2,1H3/t25-,26-,27?,28-,29?/m1/s1. The zero-order valence-corrected chi connectivity index (χ0v) is 20.1. The van der Waals surface area contributed by atoms with Crippen LogP contribution in [0.2, 0.25) is 0 Å². The maximum atomic E-state index is 11.0. The minimum atomic E-state index is -0.944. The smallest absolute Gasteiger partial charge is 0.186 e. The van der Waals surface area contributed by atoms with E-state index < -0.39 is 30.7 Å². The van der Waals surface area contributed by atoms with Gasteiger partial charge in [0.15, 0.2) is 6.29 Å². The van der Waals surface area contributed by atoms with Crippen LogP contribution in [0.25, 0.3) is 0 Å². The molecule has 3 aromatic rings. The van der Waals surface area contributed by atoms with Crippen molar-refractivity contribution in [2.45, 2.75) is 57.5 Å². The highest BCUT2D eigenvalue weighted by Gasteiger charge is 2.49. The van der Waals surface area contributed by atoms with Crippen LogP contribution in [0, 0.1) is 0 Å². The number of ether oxygens (including phenoxy) is 5. The second-order valence-electron chi connectivity index (χ2n) is 8.51. The van der Waals surface area contributed by atoms with E-state index in [1.165, 1.54) is 0 Å². The van der Waals surface area contributed by atoms with Gasteiger partial charge in [0.05, 0.1) is 26.4 Å². The first-order valence-corrected chi connectivity index (χ1v) is 12.1. The van der Waals surface area contributed by atoms with Gasteiger partial charge >= 0.3 is 0 Å². The summed E-state index contributed by atoms with van der Waals surface area (Å²) >= 11 is 0. The summed E-state index contributed by atoms with van der Waals surface area (Å²) in [5.41, 5.74) is 3.13. The van der Waals surface area contributed by atoms with Gasteiger partial charge in [0, 0.05) is 6.61 Å². The van der Waals surface area contributed by atoms with Crippen LogP contribution in [0.1, 0.15) is 23.6 Å². The fraction of sp³-hybridized carbons (Fsp3) is 0.379. The van der Waals surface area contributed by atoms with E-state index in [-0.39, 0.29) is 6.61 Å². The summed E-state index contributed by atoms with van der Waals surface area (Å²) in [5, 5.41) is 11.0. The van der Waals surface area contributed by atoms with Crippen molar-refractivity contribution in [3.8, 4) is 0 Å². The number of aliphatic hydroxyl groups is 1. The van der Waals surface area contributed by atoms with Crippen LogP contribution in [-0.4, -0.2) is 49.0 Å². The monoisotopic (exact) mass is 478 g/mol. The average molecular weight is 479 g/mol. The summed E-state index contributed by atoms with van der Waals surface area (Å²) < 4.78 is 30.4. The molecule has 1 aliphatic heterocycles. The zero-order valence-electron chi connectivity index (χ0n) is 20.1. The van der Waals surface area contributed by atoms with Crippen molar-refractivity contribution in [2.24, 2.45) is 0 Å². The van der Waals surface area contributed by atoms with Crippen LogP contribution < -0.4 is 0 Å². The molecule has 6 heteroatoms. The summed E-state index contributed by atoms with van der Waals surface area (Å²) in [6.07, 6.45) is -3.40. The molecule has 35 heavy (non-hydrogen) atoms. The van der Waals surface area contributed by atoms with Crippen LogP contribution in [0.5, 0.6) is 0 Å². The van der Waals surface area contributed by atoms with Crippen molar-refractivity contribution in [2.75, 3.05) is 13.2 Å². The third kappa shape index (κ3) is 7.45.